The van der Waals surface area contributed by atoms with Crippen molar-refractivity contribution < 1.29 is 14.3 Å². The van der Waals surface area contributed by atoms with Gasteiger partial charge < -0.3 is 9.64 Å². The first kappa shape index (κ1) is 17.9. The minimum atomic E-state index is -0.373. The summed E-state index contributed by atoms with van der Waals surface area (Å²) in [4.78, 5) is 26.1. The molecule has 0 aliphatic heterocycles. The van der Waals surface area contributed by atoms with E-state index in [0.717, 1.165) is 11.3 Å². The molecule has 0 aromatic heterocycles. The summed E-state index contributed by atoms with van der Waals surface area (Å²) in [5.74, 6) is -0.208. The number of carbonyl (C=O) groups excluding carboxylic acids is 2. The van der Waals surface area contributed by atoms with Crippen molar-refractivity contribution in [2.45, 2.75) is 25.2 Å². The first-order valence-electron chi connectivity index (χ1n) is 6.89. The van der Waals surface area contributed by atoms with Crippen LogP contribution >= 0.6 is 23.4 Å². The lowest BCUT2D eigenvalue weighted by atomic mass is 10.4. The molecule has 6 heteroatoms. The highest BCUT2D eigenvalue weighted by molar-refractivity contribution is 8.00. The lowest BCUT2D eigenvalue weighted by Gasteiger charge is -2.21. The fourth-order valence-corrected chi connectivity index (χ4v) is 2.86. The van der Waals surface area contributed by atoms with Gasteiger partial charge in [-0.1, -0.05) is 30.7 Å². The van der Waals surface area contributed by atoms with Crippen molar-refractivity contribution in [1.82, 2.24) is 4.90 Å². The van der Waals surface area contributed by atoms with Gasteiger partial charge in [-0.25, -0.2) is 0 Å². The predicted molar refractivity (Wildman–Crippen MR) is 85.7 cm³/mol. The summed E-state index contributed by atoms with van der Waals surface area (Å²) in [6, 6.07) is 7.38. The normalized spacial score (nSPS) is 10.2. The maximum Gasteiger partial charge on any atom is 0.325 e. The summed E-state index contributed by atoms with van der Waals surface area (Å²) < 4.78 is 4.89. The summed E-state index contributed by atoms with van der Waals surface area (Å²) in [6.07, 6.45) is 0.794. The number of hydrogen-bond acceptors (Lipinski definition) is 4. The molecule has 0 unspecified atom stereocenters. The maximum absolute atomic E-state index is 12.2. The van der Waals surface area contributed by atoms with Gasteiger partial charge in [0.2, 0.25) is 5.91 Å². The van der Waals surface area contributed by atoms with E-state index in [9.17, 15) is 9.59 Å². The number of amides is 1. The number of thioether (sulfide) groups is 1. The van der Waals surface area contributed by atoms with Crippen molar-refractivity contribution in [2.75, 3.05) is 25.4 Å². The van der Waals surface area contributed by atoms with E-state index in [1.807, 2.05) is 25.1 Å². The van der Waals surface area contributed by atoms with Crippen molar-refractivity contribution in [1.29, 1.82) is 0 Å². The third kappa shape index (κ3) is 6.40. The summed E-state index contributed by atoms with van der Waals surface area (Å²) >= 11 is 7.43. The third-order valence-corrected chi connectivity index (χ3v) is 4.16. The van der Waals surface area contributed by atoms with Gasteiger partial charge in [0.05, 0.1) is 17.4 Å². The van der Waals surface area contributed by atoms with Crippen LogP contribution in [0.4, 0.5) is 0 Å². The molecule has 0 aliphatic rings. The number of esters is 1. The monoisotopic (exact) mass is 329 g/mol. The van der Waals surface area contributed by atoms with Gasteiger partial charge >= 0.3 is 5.97 Å². The lowest BCUT2D eigenvalue weighted by molar-refractivity contribution is -0.148. The average Bonchev–Trinajstić information content (AvgIpc) is 2.46. The molecular formula is C15H20ClNO3S. The molecule has 0 saturated heterocycles. The standard InChI is InChI=1S/C15H20ClNO3S/c1-3-9-17(10-15(19)20-4-2)14(18)11-21-13-8-6-5-7-12(13)16/h5-8H,3-4,9-11H2,1-2H3. The van der Waals surface area contributed by atoms with Crippen molar-refractivity contribution in [3.63, 3.8) is 0 Å². The van der Waals surface area contributed by atoms with Crippen LogP contribution < -0.4 is 0 Å². The number of halogens is 1. The van der Waals surface area contributed by atoms with E-state index >= 15 is 0 Å². The zero-order valence-electron chi connectivity index (χ0n) is 12.3. The SMILES string of the molecule is CCCN(CC(=O)OCC)C(=O)CSc1ccccc1Cl. The van der Waals surface area contributed by atoms with Gasteiger partial charge in [-0.15, -0.1) is 11.8 Å². The van der Waals surface area contributed by atoms with Crippen LogP contribution in [0.3, 0.4) is 0 Å². The Morgan fingerprint density at radius 1 is 1.29 bits per heavy atom. The van der Waals surface area contributed by atoms with E-state index in [1.54, 1.807) is 13.0 Å². The number of carbonyl (C=O) groups is 2. The minimum Gasteiger partial charge on any atom is -0.465 e. The molecule has 1 amide bonds. The van der Waals surface area contributed by atoms with Crippen LogP contribution in [0.15, 0.2) is 29.2 Å². The molecule has 0 atom stereocenters. The Morgan fingerprint density at radius 2 is 2.00 bits per heavy atom. The molecule has 4 nitrogen and oxygen atoms in total. The first-order valence-corrected chi connectivity index (χ1v) is 8.25. The molecule has 1 aromatic rings. The molecule has 21 heavy (non-hydrogen) atoms. The molecule has 1 rings (SSSR count). The van der Waals surface area contributed by atoms with E-state index in [1.165, 1.54) is 16.7 Å². The van der Waals surface area contributed by atoms with Gasteiger partial charge in [0.1, 0.15) is 6.54 Å². The van der Waals surface area contributed by atoms with Crippen LogP contribution in [-0.2, 0) is 14.3 Å². The molecule has 0 aliphatic carbocycles. The highest BCUT2D eigenvalue weighted by Crippen LogP contribution is 2.26. The smallest absolute Gasteiger partial charge is 0.325 e. The van der Waals surface area contributed by atoms with Crippen LogP contribution in [0, 0.1) is 0 Å². The quantitative estimate of drug-likeness (QED) is 0.542. The number of rotatable bonds is 8. The molecular weight excluding hydrogens is 310 g/mol. The second-order valence-electron chi connectivity index (χ2n) is 4.34. The highest BCUT2D eigenvalue weighted by Gasteiger charge is 2.17. The molecule has 0 fully saturated rings. The number of hydrogen-bond donors (Lipinski definition) is 0. The fourth-order valence-electron chi connectivity index (χ4n) is 1.72. The van der Waals surface area contributed by atoms with Gasteiger partial charge in [-0.2, -0.15) is 0 Å². The predicted octanol–water partition coefficient (Wildman–Crippen LogP) is 3.23. The van der Waals surface area contributed by atoms with Gasteiger partial charge in [-0.05, 0) is 25.5 Å². The third-order valence-electron chi connectivity index (χ3n) is 2.66. The topological polar surface area (TPSA) is 46.6 Å². The molecule has 0 bridgehead atoms. The lowest BCUT2D eigenvalue weighted by Crippen LogP contribution is -2.38. The Bertz CT molecular complexity index is 482. The number of nitrogens with zero attached hydrogens (tertiary/aromatic N) is 1. The van der Waals surface area contributed by atoms with Crippen LogP contribution in [0.1, 0.15) is 20.3 Å². The van der Waals surface area contributed by atoms with Gasteiger partial charge in [0.25, 0.3) is 0 Å². The summed E-state index contributed by atoms with van der Waals surface area (Å²) in [5.41, 5.74) is 0. The van der Waals surface area contributed by atoms with E-state index in [-0.39, 0.29) is 24.2 Å². The number of ether oxygens (including phenoxy) is 1. The Morgan fingerprint density at radius 3 is 2.62 bits per heavy atom. The minimum absolute atomic E-state index is 0.00357. The maximum atomic E-state index is 12.2. The molecule has 1 aromatic carbocycles. The van der Waals surface area contributed by atoms with Gasteiger partial charge in [-0.3, -0.25) is 9.59 Å². The van der Waals surface area contributed by atoms with Crippen LogP contribution in [-0.4, -0.2) is 42.2 Å². The van der Waals surface area contributed by atoms with Crippen molar-refractivity contribution in [2.24, 2.45) is 0 Å². The van der Waals surface area contributed by atoms with Crippen LogP contribution in [0.5, 0.6) is 0 Å². The van der Waals surface area contributed by atoms with Crippen LogP contribution in [0.2, 0.25) is 5.02 Å². The Labute approximate surface area is 134 Å². The molecule has 0 saturated carbocycles. The second kappa shape index (κ2) is 9.68. The van der Waals surface area contributed by atoms with E-state index in [2.05, 4.69) is 0 Å². The summed E-state index contributed by atoms with van der Waals surface area (Å²) in [6.45, 7) is 4.58. The highest BCUT2D eigenvalue weighted by atomic mass is 35.5. The molecule has 116 valence electrons. The molecule has 0 heterocycles. The molecule has 0 spiro atoms. The van der Waals surface area contributed by atoms with Crippen molar-refractivity contribution >= 4 is 35.2 Å². The first-order chi connectivity index (χ1) is 10.1. The molecule has 0 N–H and O–H groups in total. The van der Waals surface area contributed by atoms with Gasteiger partial charge in [0, 0.05) is 11.4 Å². The Balaban J connectivity index is 2.56. The second-order valence-corrected chi connectivity index (χ2v) is 5.76. The Kier molecular flexibility index (Phi) is 8.23. The van der Waals surface area contributed by atoms with E-state index in [0.29, 0.717) is 18.2 Å². The largest absolute Gasteiger partial charge is 0.465 e. The average molecular weight is 330 g/mol. The van der Waals surface area contributed by atoms with E-state index in [4.69, 9.17) is 16.3 Å². The zero-order valence-corrected chi connectivity index (χ0v) is 13.9. The number of benzene rings is 1. The van der Waals surface area contributed by atoms with Crippen molar-refractivity contribution in [3.8, 4) is 0 Å². The summed E-state index contributed by atoms with van der Waals surface area (Å²) in [7, 11) is 0. The zero-order chi connectivity index (χ0) is 15.7. The van der Waals surface area contributed by atoms with Crippen LogP contribution in [0.25, 0.3) is 0 Å². The fraction of sp³-hybridized carbons (Fsp3) is 0.467. The summed E-state index contributed by atoms with van der Waals surface area (Å²) in [5, 5.41) is 0.628. The molecule has 0 radical (unpaired) electrons. The van der Waals surface area contributed by atoms with Gasteiger partial charge in [0.15, 0.2) is 0 Å². The van der Waals surface area contributed by atoms with Crippen molar-refractivity contribution in [3.05, 3.63) is 29.3 Å². The Hall–Kier alpha value is -1.20. The van der Waals surface area contributed by atoms with E-state index < -0.39 is 0 Å².